The van der Waals surface area contributed by atoms with Gasteiger partial charge in [0.1, 0.15) is 12.3 Å². The predicted molar refractivity (Wildman–Crippen MR) is 98.6 cm³/mol. The number of aromatic nitrogens is 2. The highest BCUT2D eigenvalue weighted by molar-refractivity contribution is 7.71. The molecule has 0 saturated carbocycles. The smallest absolute Gasteiger partial charge is 0.225 e. The molecule has 2 aromatic carbocycles. The fourth-order valence-corrected chi connectivity index (χ4v) is 3.36. The summed E-state index contributed by atoms with van der Waals surface area (Å²) in [4.78, 5) is 3.28. The largest absolute Gasteiger partial charge is 0.493 e. The number of hydrogen-bond acceptors (Lipinski definition) is 4. The van der Waals surface area contributed by atoms with Gasteiger partial charge in [-0.25, -0.2) is 0 Å². The van der Waals surface area contributed by atoms with Crippen LogP contribution in [0.1, 0.15) is 11.1 Å². The van der Waals surface area contributed by atoms with Gasteiger partial charge in [0.05, 0.1) is 19.9 Å². The Bertz CT molecular complexity index is 1000. The fraction of sp³-hybridized carbons (Fsp3) is 0.211. The van der Waals surface area contributed by atoms with Crippen LogP contribution in [0.25, 0.3) is 16.9 Å². The summed E-state index contributed by atoms with van der Waals surface area (Å²) in [6, 6.07) is 12.1. The van der Waals surface area contributed by atoms with Crippen LogP contribution in [-0.2, 0) is 6.61 Å². The average molecular weight is 354 g/mol. The van der Waals surface area contributed by atoms with Crippen LogP contribution in [0.5, 0.6) is 17.4 Å². The van der Waals surface area contributed by atoms with Crippen molar-refractivity contribution < 1.29 is 14.2 Å². The summed E-state index contributed by atoms with van der Waals surface area (Å²) >= 11 is 5.56. The van der Waals surface area contributed by atoms with E-state index in [1.54, 1.807) is 14.2 Å². The second-order valence-electron chi connectivity index (χ2n) is 5.94. The molecular formula is C19H18N2O3S. The Labute approximate surface area is 150 Å². The van der Waals surface area contributed by atoms with E-state index in [1.165, 1.54) is 5.56 Å². The number of aromatic amines is 1. The molecule has 128 valence electrons. The molecule has 1 aromatic heterocycles. The second kappa shape index (κ2) is 5.97. The molecule has 0 bridgehead atoms. The molecule has 3 aromatic rings. The van der Waals surface area contributed by atoms with Crippen molar-refractivity contribution in [3.63, 3.8) is 0 Å². The van der Waals surface area contributed by atoms with Gasteiger partial charge in [0.2, 0.25) is 5.88 Å². The first-order valence-electron chi connectivity index (χ1n) is 7.92. The average Bonchev–Trinajstić information content (AvgIpc) is 2.98. The van der Waals surface area contributed by atoms with E-state index in [4.69, 9.17) is 26.4 Å². The fourth-order valence-electron chi connectivity index (χ4n) is 3.07. The number of nitrogens with one attached hydrogen (secondary N) is 1. The van der Waals surface area contributed by atoms with Crippen molar-refractivity contribution in [2.24, 2.45) is 0 Å². The molecule has 0 aliphatic carbocycles. The monoisotopic (exact) mass is 354 g/mol. The number of H-pyrrole nitrogens is 1. The lowest BCUT2D eigenvalue weighted by Crippen LogP contribution is -2.13. The summed E-state index contributed by atoms with van der Waals surface area (Å²) in [7, 11) is 3.25. The predicted octanol–water partition coefficient (Wildman–Crippen LogP) is 4.42. The van der Waals surface area contributed by atoms with Gasteiger partial charge in [-0.05, 0) is 25.2 Å². The van der Waals surface area contributed by atoms with E-state index in [1.807, 2.05) is 16.7 Å². The van der Waals surface area contributed by atoms with Crippen LogP contribution < -0.4 is 14.2 Å². The van der Waals surface area contributed by atoms with Gasteiger partial charge < -0.3 is 19.2 Å². The third-order valence-corrected chi connectivity index (χ3v) is 4.67. The van der Waals surface area contributed by atoms with Gasteiger partial charge in [-0.15, -0.1) is 0 Å². The van der Waals surface area contributed by atoms with Crippen LogP contribution in [0.4, 0.5) is 0 Å². The number of methoxy groups -OCH3 is 2. The topological polar surface area (TPSA) is 48.4 Å². The van der Waals surface area contributed by atoms with E-state index in [2.05, 4.69) is 36.2 Å². The molecule has 4 rings (SSSR count). The minimum Gasteiger partial charge on any atom is -0.493 e. The first-order valence-corrected chi connectivity index (χ1v) is 8.33. The zero-order chi connectivity index (χ0) is 17.6. The lowest BCUT2D eigenvalue weighted by Gasteiger charge is -2.22. The Morgan fingerprint density at radius 1 is 1.08 bits per heavy atom. The number of hydrogen-bond donors (Lipinski definition) is 1. The SMILES string of the molecule is COc1cc2c(cc1OC)-n1c(c(-c3ccc(C)cc3)[nH]c1=S)OC2. The minimum atomic E-state index is 0.446. The number of nitrogens with zero attached hydrogens (tertiary/aromatic N) is 1. The Hall–Kier alpha value is -2.73. The third-order valence-electron chi connectivity index (χ3n) is 4.38. The van der Waals surface area contributed by atoms with Gasteiger partial charge in [0, 0.05) is 17.2 Å². The van der Waals surface area contributed by atoms with Crippen LogP contribution in [0, 0.1) is 11.7 Å². The molecular weight excluding hydrogens is 336 g/mol. The molecule has 1 N–H and O–H groups in total. The molecule has 1 aliphatic heterocycles. The maximum Gasteiger partial charge on any atom is 0.225 e. The van der Waals surface area contributed by atoms with Crippen molar-refractivity contribution in [1.82, 2.24) is 9.55 Å². The normalized spacial score (nSPS) is 12.1. The summed E-state index contributed by atoms with van der Waals surface area (Å²) in [5.41, 5.74) is 5.06. The van der Waals surface area contributed by atoms with Crippen molar-refractivity contribution in [1.29, 1.82) is 0 Å². The van der Waals surface area contributed by atoms with Gasteiger partial charge in [-0.3, -0.25) is 4.57 Å². The van der Waals surface area contributed by atoms with Crippen LogP contribution in [0.2, 0.25) is 0 Å². The third kappa shape index (κ3) is 2.49. The molecule has 0 radical (unpaired) electrons. The van der Waals surface area contributed by atoms with Crippen molar-refractivity contribution in [3.8, 4) is 34.3 Å². The summed E-state index contributed by atoms with van der Waals surface area (Å²) < 4.78 is 19.3. The summed E-state index contributed by atoms with van der Waals surface area (Å²) in [6.45, 7) is 2.51. The maximum absolute atomic E-state index is 6.03. The standard InChI is InChI=1S/C19H18N2O3S/c1-11-4-6-12(7-5-11)17-18-21(19(25)20-17)14-9-16(23-3)15(22-2)8-13(14)10-24-18/h4-9H,10H2,1-3H3,(H,20,25). The number of benzene rings is 2. The van der Waals surface area contributed by atoms with Gasteiger partial charge in [0.15, 0.2) is 16.3 Å². The first kappa shape index (κ1) is 15.8. The maximum atomic E-state index is 6.03. The van der Waals surface area contributed by atoms with Crippen molar-refractivity contribution in [3.05, 3.63) is 52.3 Å². The van der Waals surface area contributed by atoms with Crippen LogP contribution >= 0.6 is 12.2 Å². The van der Waals surface area contributed by atoms with Gasteiger partial charge >= 0.3 is 0 Å². The molecule has 5 nitrogen and oxygen atoms in total. The van der Waals surface area contributed by atoms with E-state index in [-0.39, 0.29) is 0 Å². The van der Waals surface area contributed by atoms with E-state index < -0.39 is 0 Å². The number of aryl methyl sites for hydroxylation is 1. The van der Waals surface area contributed by atoms with Crippen molar-refractivity contribution >= 4 is 12.2 Å². The molecule has 0 saturated heterocycles. The Morgan fingerprint density at radius 2 is 1.76 bits per heavy atom. The Kier molecular flexibility index (Phi) is 3.77. The van der Waals surface area contributed by atoms with Crippen LogP contribution in [0.3, 0.4) is 0 Å². The Balaban J connectivity index is 1.92. The summed E-state index contributed by atoms with van der Waals surface area (Å²) in [5.74, 6) is 2.05. The number of ether oxygens (including phenoxy) is 3. The second-order valence-corrected chi connectivity index (χ2v) is 6.32. The summed E-state index contributed by atoms with van der Waals surface area (Å²) in [6.07, 6.45) is 0. The van der Waals surface area contributed by atoms with E-state index >= 15 is 0 Å². The van der Waals surface area contributed by atoms with Gasteiger partial charge in [0.25, 0.3) is 0 Å². The summed E-state index contributed by atoms with van der Waals surface area (Å²) in [5, 5.41) is 0. The molecule has 6 heteroatoms. The molecule has 0 spiro atoms. The van der Waals surface area contributed by atoms with Crippen molar-refractivity contribution in [2.45, 2.75) is 13.5 Å². The molecule has 2 heterocycles. The number of rotatable bonds is 3. The van der Waals surface area contributed by atoms with Crippen molar-refractivity contribution in [2.75, 3.05) is 14.2 Å². The molecule has 1 aliphatic rings. The highest BCUT2D eigenvalue weighted by Crippen LogP contribution is 2.40. The van der Waals surface area contributed by atoms with Gasteiger partial charge in [-0.2, -0.15) is 0 Å². The zero-order valence-electron chi connectivity index (χ0n) is 14.3. The molecule has 0 unspecified atom stereocenters. The van der Waals surface area contributed by atoms with E-state index in [0.29, 0.717) is 28.8 Å². The minimum absolute atomic E-state index is 0.446. The zero-order valence-corrected chi connectivity index (χ0v) is 15.1. The first-order chi connectivity index (χ1) is 12.1. The number of fused-ring (bicyclic) bond motifs is 3. The quantitative estimate of drug-likeness (QED) is 0.708. The lowest BCUT2D eigenvalue weighted by atomic mass is 10.1. The number of imidazole rings is 1. The molecule has 0 fully saturated rings. The van der Waals surface area contributed by atoms with E-state index in [9.17, 15) is 0 Å². The highest BCUT2D eigenvalue weighted by atomic mass is 32.1. The lowest BCUT2D eigenvalue weighted by molar-refractivity contribution is 0.274. The molecule has 25 heavy (non-hydrogen) atoms. The van der Waals surface area contributed by atoms with Crippen LogP contribution in [-0.4, -0.2) is 23.8 Å². The van der Waals surface area contributed by atoms with E-state index in [0.717, 1.165) is 22.5 Å². The van der Waals surface area contributed by atoms with Gasteiger partial charge in [-0.1, -0.05) is 29.8 Å². The highest BCUT2D eigenvalue weighted by Gasteiger charge is 2.25. The van der Waals surface area contributed by atoms with Crippen LogP contribution in [0.15, 0.2) is 36.4 Å². The molecule has 0 amide bonds. The molecule has 0 atom stereocenters. The Morgan fingerprint density at radius 3 is 2.44 bits per heavy atom.